The highest BCUT2D eigenvalue weighted by atomic mass is 16.5. The molecule has 0 saturated heterocycles. The molecule has 0 spiro atoms. The van der Waals surface area contributed by atoms with Crippen LogP contribution in [-0.4, -0.2) is 28.0 Å². The summed E-state index contributed by atoms with van der Waals surface area (Å²) in [6.45, 7) is 4.79. The number of ether oxygens (including phenoxy) is 1. The zero-order valence-electron chi connectivity index (χ0n) is 29.3. The maximum absolute atomic E-state index is 10.5. The number of fused-ring (bicyclic) bond motifs is 2. The SMILES string of the molecule is CC1(C)CC[C@@H]2N=C(c3cccc(Oc4ccc5cccc(O)c5n4)c3)N(c3c(-c4ccccc4)cc(-c4ccccc4)cc3-c3ccccc3)[C@H]21. The summed E-state index contributed by atoms with van der Waals surface area (Å²) in [7, 11) is 0. The Kier molecular flexibility index (Phi) is 7.84. The standard InChI is InChI=1S/C47H39N3O2/c1-47(2)27-26-40-45(47)50(46(48-40)35-21-12-22-37(28-35)52-42-25-24-34-20-13-23-41(51)43(34)49-42)44-38(32-16-8-4-9-17-32)29-36(31-14-6-3-7-15-31)30-39(44)33-18-10-5-11-19-33/h3-25,28-30,40,45,51H,26-27H2,1-2H3/t40-,45+/m0/s1. The van der Waals surface area contributed by atoms with E-state index in [1.54, 1.807) is 6.07 Å². The lowest BCUT2D eigenvalue weighted by molar-refractivity contribution is 0.331. The molecule has 0 radical (unpaired) electrons. The van der Waals surface area contributed by atoms with Gasteiger partial charge in [-0.25, -0.2) is 4.98 Å². The first-order chi connectivity index (χ1) is 25.4. The molecule has 0 bridgehead atoms. The molecule has 0 amide bonds. The zero-order chi connectivity index (χ0) is 35.2. The van der Waals surface area contributed by atoms with Crippen LogP contribution in [0.25, 0.3) is 44.3 Å². The number of phenolic OH excluding ortho intramolecular Hbond substituents is 1. The van der Waals surface area contributed by atoms with E-state index in [0.29, 0.717) is 17.1 Å². The van der Waals surface area contributed by atoms with Gasteiger partial charge in [0.1, 0.15) is 22.9 Å². The summed E-state index contributed by atoms with van der Waals surface area (Å²) in [5, 5.41) is 11.3. The molecule has 1 aliphatic carbocycles. The molecular formula is C47H39N3O2. The number of amidine groups is 1. The van der Waals surface area contributed by atoms with Crippen molar-refractivity contribution in [1.82, 2.24) is 4.98 Å². The van der Waals surface area contributed by atoms with Crippen LogP contribution >= 0.6 is 0 Å². The Hall–Kier alpha value is -6.20. The Labute approximate surface area is 304 Å². The summed E-state index contributed by atoms with van der Waals surface area (Å²) >= 11 is 0. The van der Waals surface area contributed by atoms with Crippen LogP contribution in [-0.2, 0) is 0 Å². The fraction of sp³-hybridized carbons (Fsp3) is 0.149. The van der Waals surface area contributed by atoms with Crippen molar-refractivity contribution in [2.45, 2.75) is 38.8 Å². The van der Waals surface area contributed by atoms with E-state index in [2.05, 4.69) is 139 Å². The van der Waals surface area contributed by atoms with Crippen molar-refractivity contribution in [3.63, 3.8) is 0 Å². The molecule has 2 atom stereocenters. The number of aromatic hydroxyl groups is 1. The van der Waals surface area contributed by atoms with Crippen LogP contribution in [0, 0.1) is 5.41 Å². The second-order valence-corrected chi connectivity index (χ2v) is 14.5. The van der Waals surface area contributed by atoms with Crippen LogP contribution in [0.3, 0.4) is 0 Å². The molecule has 254 valence electrons. The highest BCUT2D eigenvalue weighted by Crippen LogP contribution is 2.52. The van der Waals surface area contributed by atoms with Crippen LogP contribution in [0.1, 0.15) is 32.3 Å². The van der Waals surface area contributed by atoms with E-state index in [9.17, 15) is 5.11 Å². The van der Waals surface area contributed by atoms with Crippen LogP contribution in [0.2, 0.25) is 0 Å². The van der Waals surface area contributed by atoms with Gasteiger partial charge in [0.25, 0.3) is 0 Å². The third-order valence-corrected chi connectivity index (χ3v) is 10.7. The number of phenols is 1. The summed E-state index contributed by atoms with van der Waals surface area (Å²) in [6, 6.07) is 54.5. The van der Waals surface area contributed by atoms with E-state index >= 15 is 0 Å². The average Bonchev–Trinajstić information content (AvgIpc) is 3.72. The number of benzene rings is 6. The van der Waals surface area contributed by atoms with E-state index in [-0.39, 0.29) is 23.2 Å². The lowest BCUT2D eigenvalue weighted by Crippen LogP contribution is -2.46. The molecule has 52 heavy (non-hydrogen) atoms. The van der Waals surface area contributed by atoms with Crippen molar-refractivity contribution in [1.29, 1.82) is 0 Å². The predicted molar refractivity (Wildman–Crippen MR) is 212 cm³/mol. The monoisotopic (exact) mass is 677 g/mol. The van der Waals surface area contributed by atoms with Gasteiger partial charge in [0, 0.05) is 28.1 Å². The van der Waals surface area contributed by atoms with Gasteiger partial charge < -0.3 is 14.7 Å². The van der Waals surface area contributed by atoms with E-state index in [0.717, 1.165) is 46.4 Å². The average molecular weight is 678 g/mol. The van der Waals surface area contributed by atoms with Crippen LogP contribution < -0.4 is 9.64 Å². The molecule has 2 heterocycles. The third-order valence-electron chi connectivity index (χ3n) is 10.7. The molecule has 1 saturated carbocycles. The van der Waals surface area contributed by atoms with Crippen molar-refractivity contribution < 1.29 is 9.84 Å². The minimum absolute atomic E-state index is 0.0149. The first-order valence-corrected chi connectivity index (χ1v) is 18.0. The third kappa shape index (κ3) is 5.68. The molecule has 6 aromatic carbocycles. The number of hydrogen-bond acceptors (Lipinski definition) is 5. The number of para-hydroxylation sites is 1. The Morgan fingerprint density at radius 1 is 0.635 bits per heavy atom. The molecule has 1 fully saturated rings. The van der Waals surface area contributed by atoms with E-state index in [4.69, 9.17) is 9.73 Å². The fourth-order valence-corrected chi connectivity index (χ4v) is 8.17. The number of pyridine rings is 1. The summed E-state index contributed by atoms with van der Waals surface area (Å²) in [5.74, 6) is 2.15. The summed E-state index contributed by atoms with van der Waals surface area (Å²) in [6.07, 6.45) is 2.13. The maximum atomic E-state index is 10.5. The first-order valence-electron chi connectivity index (χ1n) is 18.0. The second kappa shape index (κ2) is 12.8. The molecule has 5 nitrogen and oxygen atoms in total. The lowest BCUT2D eigenvalue weighted by Gasteiger charge is -2.39. The minimum atomic E-state index is 0.0149. The number of aromatic nitrogens is 1. The van der Waals surface area contributed by atoms with Gasteiger partial charge in [0.2, 0.25) is 5.88 Å². The molecule has 0 unspecified atom stereocenters. The van der Waals surface area contributed by atoms with Gasteiger partial charge >= 0.3 is 0 Å². The van der Waals surface area contributed by atoms with Crippen molar-refractivity contribution in [3.05, 3.63) is 163 Å². The molecule has 1 aromatic heterocycles. The van der Waals surface area contributed by atoms with Gasteiger partial charge in [0.05, 0.1) is 17.8 Å². The number of anilines is 1. The maximum Gasteiger partial charge on any atom is 0.219 e. The van der Waals surface area contributed by atoms with Crippen LogP contribution in [0.15, 0.2) is 163 Å². The largest absolute Gasteiger partial charge is 0.506 e. The van der Waals surface area contributed by atoms with Gasteiger partial charge in [-0.05, 0) is 76.9 Å². The Bertz CT molecular complexity index is 2380. The normalized spacial score (nSPS) is 17.6. The lowest BCUT2D eigenvalue weighted by atomic mass is 9.83. The molecular weight excluding hydrogens is 639 g/mol. The second-order valence-electron chi connectivity index (χ2n) is 14.5. The molecule has 2 aliphatic rings. The Morgan fingerprint density at radius 2 is 1.25 bits per heavy atom. The van der Waals surface area contributed by atoms with Crippen LogP contribution in [0.5, 0.6) is 17.4 Å². The van der Waals surface area contributed by atoms with E-state index < -0.39 is 0 Å². The number of rotatable bonds is 7. The van der Waals surface area contributed by atoms with E-state index in [1.807, 2.05) is 36.4 Å². The topological polar surface area (TPSA) is 58.0 Å². The summed E-state index contributed by atoms with van der Waals surface area (Å²) in [5.41, 5.74) is 9.69. The fourth-order valence-electron chi connectivity index (χ4n) is 8.17. The van der Waals surface area contributed by atoms with Gasteiger partial charge in [-0.3, -0.25) is 4.99 Å². The predicted octanol–water partition coefficient (Wildman–Crippen LogP) is 11.6. The Balaban J connectivity index is 1.24. The quantitative estimate of drug-likeness (QED) is 0.182. The van der Waals surface area contributed by atoms with Gasteiger partial charge in [-0.2, -0.15) is 0 Å². The van der Waals surface area contributed by atoms with E-state index in [1.165, 1.54) is 22.3 Å². The first kappa shape index (κ1) is 31.8. The molecule has 9 rings (SSSR count). The van der Waals surface area contributed by atoms with Gasteiger partial charge in [-0.15, -0.1) is 0 Å². The van der Waals surface area contributed by atoms with Crippen LogP contribution in [0.4, 0.5) is 5.69 Å². The van der Waals surface area contributed by atoms with Crippen molar-refractivity contribution in [2.24, 2.45) is 10.4 Å². The summed E-state index contributed by atoms with van der Waals surface area (Å²) < 4.78 is 6.37. The zero-order valence-corrected chi connectivity index (χ0v) is 29.3. The summed E-state index contributed by atoms with van der Waals surface area (Å²) in [4.78, 5) is 12.8. The van der Waals surface area contributed by atoms with Crippen molar-refractivity contribution >= 4 is 22.4 Å². The highest BCUT2D eigenvalue weighted by molar-refractivity contribution is 6.16. The van der Waals surface area contributed by atoms with Crippen molar-refractivity contribution in [2.75, 3.05) is 4.90 Å². The minimum Gasteiger partial charge on any atom is -0.506 e. The smallest absolute Gasteiger partial charge is 0.219 e. The van der Waals surface area contributed by atoms with Crippen molar-refractivity contribution in [3.8, 4) is 50.8 Å². The number of hydrogen-bond donors (Lipinski definition) is 1. The number of aliphatic imine (C=N–C) groups is 1. The molecule has 5 heteroatoms. The number of nitrogens with zero attached hydrogens (tertiary/aromatic N) is 3. The highest BCUT2D eigenvalue weighted by Gasteiger charge is 2.51. The van der Waals surface area contributed by atoms with Gasteiger partial charge in [-0.1, -0.05) is 129 Å². The molecule has 1 aliphatic heterocycles. The van der Waals surface area contributed by atoms with Gasteiger partial charge in [0.15, 0.2) is 0 Å². The Morgan fingerprint density at radius 3 is 1.92 bits per heavy atom. The molecule has 7 aromatic rings. The molecule has 1 N–H and O–H groups in total.